The Kier molecular flexibility index (Phi) is 5.87. The quantitative estimate of drug-likeness (QED) is 0.805. The fourth-order valence-corrected chi connectivity index (χ4v) is 4.11. The Bertz CT molecular complexity index is 913. The normalized spacial score (nSPS) is 16.7. The molecule has 2 aromatic rings. The SMILES string of the molecule is COc1cc(OC)cc(C(=O)N2CCn3c(nnc3C(=O)NC3CCCCC3)C2)c1. The fraction of sp³-hybridized carbons (Fsp3) is 0.524. The van der Waals surface area contributed by atoms with E-state index < -0.39 is 0 Å². The van der Waals surface area contributed by atoms with Crippen molar-refractivity contribution in [2.75, 3.05) is 20.8 Å². The maximum absolute atomic E-state index is 13.0. The van der Waals surface area contributed by atoms with E-state index in [2.05, 4.69) is 15.5 Å². The van der Waals surface area contributed by atoms with Crippen LogP contribution >= 0.6 is 0 Å². The second-order valence-corrected chi connectivity index (χ2v) is 7.73. The number of aromatic nitrogens is 3. The van der Waals surface area contributed by atoms with Crippen molar-refractivity contribution in [1.29, 1.82) is 0 Å². The Balaban J connectivity index is 1.47. The van der Waals surface area contributed by atoms with Crippen LogP contribution in [0.15, 0.2) is 18.2 Å². The van der Waals surface area contributed by atoms with Gasteiger partial charge in [0.15, 0.2) is 5.82 Å². The summed E-state index contributed by atoms with van der Waals surface area (Å²) in [5, 5.41) is 11.4. The zero-order valence-electron chi connectivity index (χ0n) is 17.4. The number of hydrogen-bond donors (Lipinski definition) is 1. The summed E-state index contributed by atoms with van der Waals surface area (Å²) in [5.74, 6) is 1.72. The maximum Gasteiger partial charge on any atom is 0.289 e. The van der Waals surface area contributed by atoms with Crippen molar-refractivity contribution in [2.45, 2.75) is 51.2 Å². The molecule has 9 nitrogen and oxygen atoms in total. The molecule has 2 amide bonds. The third-order valence-electron chi connectivity index (χ3n) is 5.78. The largest absolute Gasteiger partial charge is 0.497 e. The second kappa shape index (κ2) is 8.73. The van der Waals surface area contributed by atoms with Gasteiger partial charge >= 0.3 is 0 Å². The first kappa shape index (κ1) is 20.2. The molecule has 9 heteroatoms. The molecule has 0 atom stereocenters. The summed E-state index contributed by atoms with van der Waals surface area (Å²) < 4.78 is 12.3. The number of nitrogens with one attached hydrogen (secondary N) is 1. The zero-order chi connectivity index (χ0) is 21.1. The van der Waals surface area contributed by atoms with E-state index in [0.717, 1.165) is 25.7 Å². The molecule has 160 valence electrons. The summed E-state index contributed by atoms with van der Waals surface area (Å²) in [6.07, 6.45) is 5.55. The lowest BCUT2D eigenvalue weighted by atomic mass is 9.95. The average molecular weight is 413 g/mol. The number of carbonyl (C=O) groups excluding carboxylic acids is 2. The Hall–Kier alpha value is -3.10. The van der Waals surface area contributed by atoms with Gasteiger partial charge in [-0.3, -0.25) is 9.59 Å². The minimum atomic E-state index is -0.182. The lowest BCUT2D eigenvalue weighted by molar-refractivity contribution is 0.0705. The van der Waals surface area contributed by atoms with Gasteiger partial charge in [0.1, 0.15) is 11.5 Å². The smallest absolute Gasteiger partial charge is 0.289 e. The van der Waals surface area contributed by atoms with Crippen molar-refractivity contribution < 1.29 is 19.1 Å². The third-order valence-corrected chi connectivity index (χ3v) is 5.78. The molecule has 0 radical (unpaired) electrons. The zero-order valence-corrected chi connectivity index (χ0v) is 17.4. The van der Waals surface area contributed by atoms with Crippen LogP contribution in [0.2, 0.25) is 0 Å². The molecule has 1 aliphatic carbocycles. The molecule has 1 fully saturated rings. The molecular formula is C21H27N5O4. The fourth-order valence-electron chi connectivity index (χ4n) is 4.11. The molecule has 0 bridgehead atoms. The first-order chi connectivity index (χ1) is 14.6. The van der Waals surface area contributed by atoms with E-state index in [1.165, 1.54) is 6.42 Å². The minimum Gasteiger partial charge on any atom is -0.497 e. The van der Waals surface area contributed by atoms with Gasteiger partial charge in [0.05, 0.1) is 20.8 Å². The van der Waals surface area contributed by atoms with Gasteiger partial charge in [-0.25, -0.2) is 0 Å². The Labute approximate surface area is 175 Å². The topological polar surface area (TPSA) is 98.6 Å². The van der Waals surface area contributed by atoms with E-state index in [1.54, 1.807) is 37.3 Å². The number of rotatable bonds is 5. The molecule has 1 aromatic heterocycles. The monoisotopic (exact) mass is 413 g/mol. The number of ether oxygens (including phenoxy) is 2. The van der Waals surface area contributed by atoms with Crippen molar-refractivity contribution in [3.8, 4) is 11.5 Å². The molecular weight excluding hydrogens is 386 g/mol. The van der Waals surface area contributed by atoms with E-state index in [1.807, 2.05) is 4.57 Å². The average Bonchev–Trinajstić information content (AvgIpc) is 3.22. The lowest BCUT2D eigenvalue weighted by Gasteiger charge is -2.28. The van der Waals surface area contributed by atoms with Gasteiger partial charge in [0.2, 0.25) is 5.82 Å². The molecule has 0 unspecified atom stereocenters. The van der Waals surface area contributed by atoms with E-state index >= 15 is 0 Å². The molecule has 0 spiro atoms. The van der Waals surface area contributed by atoms with Gasteiger partial charge in [0.25, 0.3) is 11.8 Å². The van der Waals surface area contributed by atoms with Crippen molar-refractivity contribution in [1.82, 2.24) is 25.0 Å². The predicted molar refractivity (Wildman–Crippen MR) is 109 cm³/mol. The first-order valence-electron chi connectivity index (χ1n) is 10.3. The third kappa shape index (κ3) is 4.10. The molecule has 30 heavy (non-hydrogen) atoms. The summed E-state index contributed by atoms with van der Waals surface area (Å²) in [6, 6.07) is 5.31. The van der Waals surface area contributed by atoms with Gasteiger partial charge < -0.3 is 24.3 Å². The van der Waals surface area contributed by atoms with E-state index in [9.17, 15) is 9.59 Å². The number of amides is 2. The van der Waals surface area contributed by atoms with Crippen LogP contribution in [0.25, 0.3) is 0 Å². The standard InChI is InChI=1S/C21H27N5O4/c1-29-16-10-14(11-17(12-16)30-2)21(28)25-8-9-26-18(13-25)23-24-19(26)20(27)22-15-6-4-3-5-7-15/h10-12,15H,3-9,13H2,1-2H3,(H,22,27). The number of methoxy groups -OCH3 is 2. The van der Waals surface area contributed by atoms with Crippen LogP contribution in [0, 0.1) is 0 Å². The number of fused-ring (bicyclic) bond motifs is 1. The van der Waals surface area contributed by atoms with Crippen LogP contribution in [0.5, 0.6) is 11.5 Å². The number of benzene rings is 1. The molecule has 2 aliphatic rings. The molecule has 1 aromatic carbocycles. The van der Waals surface area contributed by atoms with Gasteiger partial charge in [0, 0.05) is 30.8 Å². The van der Waals surface area contributed by atoms with Crippen LogP contribution in [0.4, 0.5) is 0 Å². The lowest BCUT2D eigenvalue weighted by Crippen LogP contribution is -2.41. The van der Waals surface area contributed by atoms with E-state index in [0.29, 0.717) is 48.3 Å². The molecule has 1 saturated carbocycles. The van der Waals surface area contributed by atoms with Crippen LogP contribution in [0.3, 0.4) is 0 Å². The van der Waals surface area contributed by atoms with Gasteiger partial charge in [-0.1, -0.05) is 19.3 Å². The van der Waals surface area contributed by atoms with Gasteiger partial charge in [-0.2, -0.15) is 0 Å². The van der Waals surface area contributed by atoms with Crippen molar-refractivity contribution in [2.24, 2.45) is 0 Å². The summed E-state index contributed by atoms with van der Waals surface area (Å²) >= 11 is 0. The Morgan fingerprint density at radius 3 is 2.37 bits per heavy atom. The number of hydrogen-bond acceptors (Lipinski definition) is 6. The van der Waals surface area contributed by atoms with Crippen LogP contribution in [0.1, 0.15) is 58.9 Å². The highest BCUT2D eigenvalue weighted by molar-refractivity contribution is 5.95. The van der Waals surface area contributed by atoms with Crippen LogP contribution in [-0.2, 0) is 13.1 Å². The Morgan fingerprint density at radius 1 is 1.00 bits per heavy atom. The maximum atomic E-state index is 13.0. The van der Waals surface area contributed by atoms with Crippen molar-refractivity contribution in [3.63, 3.8) is 0 Å². The predicted octanol–water partition coefficient (Wildman–Crippen LogP) is 2.01. The second-order valence-electron chi connectivity index (χ2n) is 7.73. The van der Waals surface area contributed by atoms with Crippen molar-refractivity contribution >= 4 is 11.8 Å². The van der Waals surface area contributed by atoms with E-state index in [-0.39, 0.29) is 17.9 Å². The highest BCUT2D eigenvalue weighted by Gasteiger charge is 2.29. The minimum absolute atomic E-state index is 0.144. The number of nitrogens with zero attached hydrogens (tertiary/aromatic N) is 4. The summed E-state index contributed by atoms with van der Waals surface area (Å²) in [4.78, 5) is 27.4. The Morgan fingerprint density at radius 2 is 1.70 bits per heavy atom. The van der Waals surface area contributed by atoms with Gasteiger partial charge in [-0.15, -0.1) is 10.2 Å². The number of carbonyl (C=O) groups is 2. The first-order valence-corrected chi connectivity index (χ1v) is 10.3. The highest BCUT2D eigenvalue weighted by Crippen LogP contribution is 2.25. The molecule has 4 rings (SSSR count). The van der Waals surface area contributed by atoms with Crippen molar-refractivity contribution in [3.05, 3.63) is 35.4 Å². The highest BCUT2D eigenvalue weighted by atomic mass is 16.5. The molecule has 1 N–H and O–H groups in total. The van der Waals surface area contributed by atoms with Gasteiger partial charge in [-0.05, 0) is 25.0 Å². The molecule has 2 heterocycles. The molecule has 0 saturated heterocycles. The summed E-state index contributed by atoms with van der Waals surface area (Å²) in [7, 11) is 3.10. The summed E-state index contributed by atoms with van der Waals surface area (Å²) in [5.41, 5.74) is 0.481. The van der Waals surface area contributed by atoms with E-state index in [4.69, 9.17) is 9.47 Å². The van der Waals surface area contributed by atoms with Crippen LogP contribution < -0.4 is 14.8 Å². The van der Waals surface area contributed by atoms with Crippen LogP contribution in [-0.4, -0.2) is 58.3 Å². The molecule has 1 aliphatic heterocycles. The summed E-state index contributed by atoms with van der Waals surface area (Å²) in [6.45, 7) is 1.23.